The number of carbonyl (C=O) groups is 1. The second-order valence-electron chi connectivity index (χ2n) is 6.48. The van der Waals surface area contributed by atoms with Crippen LogP contribution < -0.4 is 5.32 Å². The Morgan fingerprint density at radius 3 is 2.50 bits per heavy atom. The first kappa shape index (κ1) is 16.7. The number of rotatable bonds is 4. The highest BCUT2D eigenvalue weighted by molar-refractivity contribution is 6.04. The summed E-state index contributed by atoms with van der Waals surface area (Å²) in [4.78, 5) is 14.8. The van der Waals surface area contributed by atoms with Crippen LogP contribution in [0.1, 0.15) is 34.3 Å². The van der Waals surface area contributed by atoms with Gasteiger partial charge in [0.25, 0.3) is 5.91 Å². The summed E-state index contributed by atoms with van der Waals surface area (Å²) in [6.07, 6.45) is 1.47. The molecule has 0 radical (unpaired) electrons. The molecule has 0 bridgehead atoms. The highest BCUT2D eigenvalue weighted by Crippen LogP contribution is 2.21. The number of anilines is 1. The van der Waals surface area contributed by atoms with E-state index < -0.39 is 0 Å². The number of para-hydroxylation sites is 1. The lowest BCUT2D eigenvalue weighted by Crippen LogP contribution is -2.35. The Morgan fingerprint density at radius 2 is 1.79 bits per heavy atom. The van der Waals surface area contributed by atoms with E-state index in [1.54, 1.807) is 0 Å². The number of likely N-dealkylation sites (tertiary alicyclic amines) is 1. The van der Waals surface area contributed by atoms with E-state index in [-0.39, 0.29) is 12.0 Å². The van der Waals surface area contributed by atoms with Crippen molar-refractivity contribution in [3.05, 3.63) is 65.2 Å². The second kappa shape index (κ2) is 7.60. The summed E-state index contributed by atoms with van der Waals surface area (Å²) in [7, 11) is 0. The summed E-state index contributed by atoms with van der Waals surface area (Å²) in [5.74, 6) is -0.0866. The van der Waals surface area contributed by atoms with Crippen LogP contribution in [0.25, 0.3) is 0 Å². The highest BCUT2D eigenvalue weighted by atomic mass is 16.3. The quantitative estimate of drug-likeness (QED) is 0.908. The summed E-state index contributed by atoms with van der Waals surface area (Å²) >= 11 is 0. The van der Waals surface area contributed by atoms with Gasteiger partial charge in [0.15, 0.2) is 0 Å². The topological polar surface area (TPSA) is 52.6 Å². The third-order valence-electron chi connectivity index (χ3n) is 4.53. The van der Waals surface area contributed by atoms with Crippen molar-refractivity contribution in [2.75, 3.05) is 18.4 Å². The molecule has 2 aromatic rings. The summed E-state index contributed by atoms with van der Waals surface area (Å²) in [5, 5.41) is 12.7. The first-order chi connectivity index (χ1) is 11.6. The average molecular weight is 324 g/mol. The van der Waals surface area contributed by atoms with Crippen molar-refractivity contribution in [1.29, 1.82) is 0 Å². The molecule has 0 saturated carbocycles. The molecular weight excluding hydrogens is 300 g/mol. The van der Waals surface area contributed by atoms with E-state index in [2.05, 4.69) is 16.3 Å². The molecule has 126 valence electrons. The van der Waals surface area contributed by atoms with Crippen LogP contribution in [0.3, 0.4) is 0 Å². The minimum absolute atomic E-state index is 0.0866. The van der Waals surface area contributed by atoms with Gasteiger partial charge < -0.3 is 10.4 Å². The second-order valence-corrected chi connectivity index (χ2v) is 6.48. The van der Waals surface area contributed by atoms with Crippen LogP contribution in [0.5, 0.6) is 0 Å². The normalized spacial score (nSPS) is 16.1. The fourth-order valence-corrected chi connectivity index (χ4v) is 3.00. The molecular formula is C20H24N2O2. The Labute approximate surface area is 143 Å². The number of amides is 1. The van der Waals surface area contributed by atoms with Crippen molar-refractivity contribution in [1.82, 2.24) is 4.90 Å². The number of carbonyl (C=O) groups excluding carboxylic acids is 1. The number of nitrogens with one attached hydrogen (secondary N) is 1. The first-order valence-corrected chi connectivity index (χ1v) is 8.48. The van der Waals surface area contributed by atoms with Gasteiger partial charge in [-0.05, 0) is 43.5 Å². The molecule has 1 aliphatic heterocycles. The Kier molecular flexibility index (Phi) is 5.28. The zero-order valence-electron chi connectivity index (χ0n) is 14.0. The maximum atomic E-state index is 12.5. The van der Waals surface area contributed by atoms with Gasteiger partial charge in [-0.3, -0.25) is 9.69 Å². The van der Waals surface area contributed by atoms with Crippen LogP contribution in [0.15, 0.2) is 48.5 Å². The standard InChI is InChI=1S/C20H24N2O2/c1-15-6-8-16(9-7-15)20(24)21-19-5-3-2-4-17(19)14-22-12-10-18(23)11-13-22/h2-9,18,23H,10-14H2,1H3,(H,21,24). The zero-order chi connectivity index (χ0) is 16.9. The SMILES string of the molecule is Cc1ccc(C(=O)Nc2ccccc2CN2CCC(O)CC2)cc1. The summed E-state index contributed by atoms with van der Waals surface area (Å²) in [6.45, 7) is 4.58. The first-order valence-electron chi connectivity index (χ1n) is 8.48. The summed E-state index contributed by atoms with van der Waals surface area (Å²) < 4.78 is 0. The van der Waals surface area contributed by atoms with E-state index in [4.69, 9.17) is 0 Å². The molecule has 0 aliphatic carbocycles. The van der Waals surface area contributed by atoms with Crippen LogP contribution in [0, 0.1) is 6.92 Å². The van der Waals surface area contributed by atoms with E-state index >= 15 is 0 Å². The van der Waals surface area contributed by atoms with Crippen molar-refractivity contribution >= 4 is 11.6 Å². The Balaban J connectivity index is 1.69. The number of hydrogen-bond acceptors (Lipinski definition) is 3. The van der Waals surface area contributed by atoms with Crippen LogP contribution in [-0.4, -0.2) is 35.1 Å². The third-order valence-corrected chi connectivity index (χ3v) is 4.53. The molecule has 1 aliphatic rings. The molecule has 0 spiro atoms. The third kappa shape index (κ3) is 4.22. The van der Waals surface area contributed by atoms with Gasteiger partial charge in [0.1, 0.15) is 0 Å². The van der Waals surface area contributed by atoms with Gasteiger partial charge in [0.2, 0.25) is 0 Å². The van der Waals surface area contributed by atoms with Gasteiger partial charge in [-0.15, -0.1) is 0 Å². The van der Waals surface area contributed by atoms with Gasteiger partial charge in [-0.2, -0.15) is 0 Å². The predicted octanol–water partition coefficient (Wildman–Crippen LogP) is 3.20. The molecule has 0 aromatic heterocycles. The number of aliphatic hydroxyl groups is 1. The van der Waals surface area contributed by atoms with E-state index in [9.17, 15) is 9.90 Å². The largest absolute Gasteiger partial charge is 0.393 e. The van der Waals surface area contributed by atoms with Gasteiger partial charge in [-0.25, -0.2) is 0 Å². The van der Waals surface area contributed by atoms with Crippen molar-refractivity contribution in [2.24, 2.45) is 0 Å². The molecule has 1 amide bonds. The maximum Gasteiger partial charge on any atom is 0.255 e. The van der Waals surface area contributed by atoms with Gasteiger partial charge in [0, 0.05) is 30.9 Å². The van der Waals surface area contributed by atoms with Crippen LogP contribution in [0.4, 0.5) is 5.69 Å². The fraction of sp³-hybridized carbons (Fsp3) is 0.350. The van der Waals surface area contributed by atoms with Crippen molar-refractivity contribution < 1.29 is 9.90 Å². The zero-order valence-corrected chi connectivity index (χ0v) is 14.0. The van der Waals surface area contributed by atoms with Crippen molar-refractivity contribution in [3.8, 4) is 0 Å². The Bertz CT molecular complexity index is 689. The Hall–Kier alpha value is -2.17. The molecule has 2 aromatic carbocycles. The molecule has 1 heterocycles. The van der Waals surface area contributed by atoms with Crippen LogP contribution in [0.2, 0.25) is 0 Å². The summed E-state index contributed by atoms with van der Waals surface area (Å²) in [5.41, 5.74) is 3.76. The monoisotopic (exact) mass is 324 g/mol. The number of benzene rings is 2. The van der Waals surface area contributed by atoms with Gasteiger partial charge >= 0.3 is 0 Å². The molecule has 24 heavy (non-hydrogen) atoms. The van der Waals surface area contributed by atoms with E-state index in [0.717, 1.165) is 49.3 Å². The molecule has 0 unspecified atom stereocenters. The van der Waals surface area contributed by atoms with E-state index in [1.807, 2.05) is 49.4 Å². The van der Waals surface area contributed by atoms with E-state index in [1.165, 1.54) is 0 Å². The van der Waals surface area contributed by atoms with Crippen LogP contribution >= 0.6 is 0 Å². The highest BCUT2D eigenvalue weighted by Gasteiger charge is 2.18. The lowest BCUT2D eigenvalue weighted by atomic mass is 10.1. The lowest BCUT2D eigenvalue weighted by Gasteiger charge is -2.30. The number of aliphatic hydroxyl groups excluding tert-OH is 1. The van der Waals surface area contributed by atoms with Crippen molar-refractivity contribution in [2.45, 2.75) is 32.4 Å². The molecule has 3 rings (SSSR count). The van der Waals surface area contributed by atoms with Crippen LogP contribution in [-0.2, 0) is 6.54 Å². The number of nitrogens with zero attached hydrogens (tertiary/aromatic N) is 1. The fourth-order valence-electron chi connectivity index (χ4n) is 3.00. The van der Waals surface area contributed by atoms with Gasteiger partial charge in [0.05, 0.1) is 6.10 Å². The minimum atomic E-state index is -0.169. The smallest absolute Gasteiger partial charge is 0.255 e. The average Bonchev–Trinajstić information content (AvgIpc) is 2.59. The molecule has 0 atom stereocenters. The number of piperidine rings is 1. The van der Waals surface area contributed by atoms with Gasteiger partial charge in [-0.1, -0.05) is 35.9 Å². The maximum absolute atomic E-state index is 12.5. The lowest BCUT2D eigenvalue weighted by molar-refractivity contribution is 0.0793. The minimum Gasteiger partial charge on any atom is -0.393 e. The molecule has 1 fully saturated rings. The predicted molar refractivity (Wildman–Crippen MR) is 96.1 cm³/mol. The molecule has 1 saturated heterocycles. The molecule has 2 N–H and O–H groups in total. The number of aryl methyl sites for hydroxylation is 1. The molecule has 4 nitrogen and oxygen atoms in total. The molecule has 4 heteroatoms. The van der Waals surface area contributed by atoms with E-state index in [0.29, 0.717) is 5.56 Å². The van der Waals surface area contributed by atoms with Crippen molar-refractivity contribution in [3.63, 3.8) is 0 Å². The summed E-state index contributed by atoms with van der Waals surface area (Å²) in [6, 6.07) is 15.5. The number of hydrogen-bond donors (Lipinski definition) is 2. The Morgan fingerprint density at radius 1 is 1.12 bits per heavy atom.